The van der Waals surface area contributed by atoms with Gasteiger partial charge in [0.1, 0.15) is 19.0 Å². The van der Waals surface area contributed by atoms with Gasteiger partial charge >= 0.3 is 21.2 Å². The van der Waals surface area contributed by atoms with Crippen molar-refractivity contribution in [3.05, 3.63) is 35.4 Å². The third-order valence-electron chi connectivity index (χ3n) is 4.76. The number of imidazole rings is 2. The van der Waals surface area contributed by atoms with Crippen LogP contribution >= 0.6 is 15.6 Å². The van der Waals surface area contributed by atoms with Gasteiger partial charge in [-0.3, -0.25) is 18.9 Å². The van der Waals surface area contributed by atoms with Crippen molar-refractivity contribution in [3.8, 4) is 0 Å². The van der Waals surface area contributed by atoms with Crippen molar-refractivity contribution in [1.29, 1.82) is 0 Å². The molecule has 0 amide bonds. The number of H-pyrrole nitrogens is 1. The normalized spacial score (nSPS) is 16.9. The summed E-state index contributed by atoms with van der Waals surface area (Å²) in [7, 11) is -6.82. The molecule has 3 rings (SSSR count). The van der Waals surface area contributed by atoms with Crippen LogP contribution in [0.2, 0.25) is 0 Å². The molecule has 206 valence electrons. The molecule has 4 atom stereocenters. The molecule has 0 bridgehead atoms. The number of hydrogen-bond acceptors (Lipinski definition) is 12. The number of aliphatic hydroxyl groups excluding tert-OH is 1. The summed E-state index contributed by atoms with van der Waals surface area (Å²) in [5.41, 5.74) is 5.49. The first-order valence-corrected chi connectivity index (χ1v) is 13.6. The Hall–Kier alpha value is -2.50. The molecule has 3 aromatic rings. The molecule has 0 aromatic carbocycles. The highest BCUT2D eigenvalue weighted by Crippen LogP contribution is 2.60. The van der Waals surface area contributed by atoms with Crippen molar-refractivity contribution >= 4 is 32.7 Å². The lowest BCUT2D eigenvalue weighted by Gasteiger charge is -2.23. The first kappa shape index (κ1) is 29.1. The third-order valence-corrected chi connectivity index (χ3v) is 7.73. The molecule has 0 aliphatic rings. The molecular weight excluding hydrogens is 540 g/mol. The van der Waals surface area contributed by atoms with Gasteiger partial charge in [0.05, 0.1) is 33.5 Å². The monoisotopic (exact) mass is 568 g/mol. The molecule has 20 heteroatoms. The molecule has 0 radical (unpaired) electrons. The number of ether oxygens (including phenoxy) is 3. The highest BCUT2D eigenvalue weighted by molar-refractivity contribution is 7.63. The number of anilines is 1. The number of phosphoric ester groups is 1. The second kappa shape index (κ2) is 12.4. The molecule has 0 saturated heterocycles. The van der Waals surface area contributed by atoms with E-state index < -0.39 is 46.7 Å². The maximum Gasteiger partial charge on any atom is 0.480 e. The van der Waals surface area contributed by atoms with E-state index in [1.54, 1.807) is 7.05 Å². The first-order chi connectivity index (χ1) is 17.5. The third kappa shape index (κ3) is 7.52. The number of nitrogens with two attached hydrogens (primary N) is 1. The van der Waals surface area contributed by atoms with E-state index in [9.17, 15) is 28.8 Å². The van der Waals surface area contributed by atoms with Crippen LogP contribution in [0.15, 0.2) is 29.8 Å². The van der Waals surface area contributed by atoms with Crippen LogP contribution in [-0.2, 0) is 39.2 Å². The van der Waals surface area contributed by atoms with E-state index in [1.807, 2.05) is 0 Å². The number of aromatic nitrogens is 6. The van der Waals surface area contributed by atoms with Gasteiger partial charge in [-0.1, -0.05) is 4.98 Å². The lowest BCUT2D eigenvalue weighted by atomic mass is 10.4. The van der Waals surface area contributed by atoms with Crippen molar-refractivity contribution in [2.45, 2.75) is 12.3 Å². The van der Waals surface area contributed by atoms with Gasteiger partial charge in [0.15, 0.2) is 6.33 Å². The highest BCUT2D eigenvalue weighted by atomic mass is 31.3. The van der Waals surface area contributed by atoms with E-state index in [0.717, 1.165) is 12.5 Å². The predicted molar refractivity (Wildman–Crippen MR) is 124 cm³/mol. The second-order valence-electron chi connectivity index (χ2n) is 7.50. The van der Waals surface area contributed by atoms with Crippen LogP contribution in [0.25, 0.3) is 11.2 Å². The van der Waals surface area contributed by atoms with Gasteiger partial charge in [0.2, 0.25) is 11.7 Å². The van der Waals surface area contributed by atoms with Crippen LogP contribution < -0.4 is 15.9 Å². The zero-order chi connectivity index (χ0) is 27.2. The van der Waals surface area contributed by atoms with Crippen molar-refractivity contribution in [2.24, 2.45) is 7.05 Å². The molecule has 0 spiro atoms. The van der Waals surface area contributed by atoms with Gasteiger partial charge in [-0.25, -0.2) is 23.0 Å². The number of aryl methyl sites for hydroxylation is 1. The average Bonchev–Trinajstić information content (AvgIpc) is 3.46. The molecule has 2 unspecified atom stereocenters. The lowest BCUT2D eigenvalue weighted by molar-refractivity contribution is -0.747. The van der Waals surface area contributed by atoms with E-state index in [4.69, 9.17) is 24.5 Å². The van der Waals surface area contributed by atoms with E-state index >= 15 is 0 Å². The Morgan fingerprint density at radius 3 is 2.68 bits per heavy atom. The van der Waals surface area contributed by atoms with E-state index in [1.165, 1.54) is 28.8 Å². The number of hydrogen-bond donors (Lipinski definition) is 5. The molecule has 3 aromatic heterocycles. The topological polar surface area (TPSA) is 239 Å². The molecule has 3 heterocycles. The van der Waals surface area contributed by atoms with Crippen LogP contribution in [0.5, 0.6) is 0 Å². The Labute approximate surface area is 209 Å². The van der Waals surface area contributed by atoms with Gasteiger partial charge in [-0.05, 0) is 0 Å². The number of nitrogens with one attached hydrogen (secondary N) is 1. The van der Waals surface area contributed by atoms with Crippen molar-refractivity contribution in [2.75, 3.05) is 45.9 Å². The van der Waals surface area contributed by atoms with Gasteiger partial charge in [-0.15, -0.1) is 0 Å². The maximum absolute atomic E-state index is 12.4. The Bertz CT molecular complexity index is 1330. The molecule has 37 heavy (non-hydrogen) atoms. The SMILES string of the molecule is COCCOC[C@@H](O[C@@H](CO)COP(=O)(O)OP(=O)(O)n1ccnc1)[n+]1cn(C)c2c(=O)[nH]c(N)nc21. The number of aromatic amines is 1. The molecule has 0 aliphatic heterocycles. The van der Waals surface area contributed by atoms with E-state index in [-0.39, 0.29) is 36.9 Å². The van der Waals surface area contributed by atoms with Crippen LogP contribution in [0.4, 0.5) is 5.95 Å². The zero-order valence-electron chi connectivity index (χ0n) is 19.8. The summed E-state index contributed by atoms with van der Waals surface area (Å²) in [5, 5.41) is 9.82. The molecular formula is C17H28N7O11P2+. The number of fused-ring (bicyclic) bond motifs is 1. The van der Waals surface area contributed by atoms with Crippen molar-refractivity contribution < 1.29 is 51.6 Å². The van der Waals surface area contributed by atoms with Gasteiger partial charge in [0, 0.05) is 19.5 Å². The van der Waals surface area contributed by atoms with Crippen molar-refractivity contribution in [3.63, 3.8) is 0 Å². The zero-order valence-corrected chi connectivity index (χ0v) is 21.6. The van der Waals surface area contributed by atoms with Crippen molar-refractivity contribution in [1.82, 2.24) is 23.9 Å². The summed E-state index contributed by atoms with van der Waals surface area (Å²) >= 11 is 0. The smallest absolute Gasteiger partial charge is 0.394 e. The summed E-state index contributed by atoms with van der Waals surface area (Å²) in [6.45, 7) is -1.11. The highest BCUT2D eigenvalue weighted by Gasteiger charge is 2.37. The Balaban J connectivity index is 1.78. The fourth-order valence-electron chi connectivity index (χ4n) is 3.13. The minimum absolute atomic E-state index is 0.127. The summed E-state index contributed by atoms with van der Waals surface area (Å²) in [4.78, 5) is 42.3. The number of nitrogen functional groups attached to an aromatic ring is 1. The first-order valence-electron chi connectivity index (χ1n) is 10.6. The quantitative estimate of drug-likeness (QED) is 0.0809. The Morgan fingerprint density at radius 2 is 2.03 bits per heavy atom. The second-order valence-corrected chi connectivity index (χ2v) is 10.8. The van der Waals surface area contributed by atoms with E-state index in [0.29, 0.717) is 4.34 Å². The number of nitrogens with zero attached hydrogens (tertiary/aromatic N) is 5. The molecule has 6 N–H and O–H groups in total. The standard InChI is InChI=1S/C17H27N7O11P2/c1-22-11-24(15-14(22)16(26)21-17(18)20-15)13(9-32-6-5-31-2)34-12(7-25)8-33-37(29,30)35-36(27,28)23-4-3-19-10-23/h3-4,10-13,25H,5-9H2,1-2H3,(H4-,18,20,21,26,27,28,29,30)/p+1/t12-,13+/m0/s1. The van der Waals surface area contributed by atoms with Crippen LogP contribution in [-0.4, -0.2) is 85.0 Å². The summed E-state index contributed by atoms with van der Waals surface area (Å²) in [6.07, 6.45) is 2.33. The number of aliphatic hydroxyl groups is 1. The number of methoxy groups -OCH3 is 1. The summed E-state index contributed by atoms with van der Waals surface area (Å²) < 4.78 is 53.6. The van der Waals surface area contributed by atoms with Gasteiger partial charge in [0.25, 0.3) is 11.5 Å². The summed E-state index contributed by atoms with van der Waals surface area (Å²) in [6, 6.07) is 0. The van der Waals surface area contributed by atoms with E-state index in [2.05, 4.69) is 19.3 Å². The van der Waals surface area contributed by atoms with Gasteiger partial charge in [-0.2, -0.15) is 4.31 Å². The lowest BCUT2D eigenvalue weighted by Crippen LogP contribution is -2.46. The fourth-order valence-corrected chi connectivity index (χ4v) is 5.50. The Kier molecular flexibility index (Phi) is 9.71. The molecule has 0 saturated carbocycles. The number of rotatable bonds is 15. The minimum Gasteiger partial charge on any atom is -0.394 e. The average molecular weight is 568 g/mol. The van der Waals surface area contributed by atoms with Crippen LogP contribution in [0.3, 0.4) is 0 Å². The predicted octanol–water partition coefficient (Wildman–Crippen LogP) is -1.35. The fraction of sp³-hybridized carbons (Fsp3) is 0.529. The Morgan fingerprint density at radius 1 is 1.27 bits per heavy atom. The molecule has 0 fully saturated rings. The molecule has 0 aliphatic carbocycles. The van der Waals surface area contributed by atoms with Crippen LogP contribution in [0.1, 0.15) is 6.23 Å². The van der Waals surface area contributed by atoms with Gasteiger partial charge < -0.3 is 34.8 Å². The summed E-state index contributed by atoms with van der Waals surface area (Å²) in [5.74, 6) is -0.150. The minimum atomic E-state index is -5.10. The van der Waals surface area contributed by atoms with Crippen LogP contribution in [0, 0.1) is 0 Å². The maximum atomic E-state index is 12.4. The molecule has 18 nitrogen and oxygen atoms in total. The number of phosphoric acid groups is 1. The largest absolute Gasteiger partial charge is 0.480 e.